The minimum absolute atomic E-state index is 0.0665. The van der Waals surface area contributed by atoms with Crippen LogP contribution in [0.5, 0.6) is 17.2 Å². The molecule has 2 rings (SSSR count). The van der Waals surface area contributed by atoms with Crippen molar-refractivity contribution in [2.45, 2.75) is 26.5 Å². The van der Waals surface area contributed by atoms with Gasteiger partial charge in [-0.15, -0.1) is 0 Å². The first-order valence-electron chi connectivity index (χ1n) is 8.50. The highest BCUT2D eigenvalue weighted by atomic mass is 16.5. The number of carbonyl (C=O) groups is 1. The summed E-state index contributed by atoms with van der Waals surface area (Å²) in [6, 6.07) is 13.1. The van der Waals surface area contributed by atoms with Crippen LogP contribution in [0.15, 0.2) is 42.5 Å². The summed E-state index contributed by atoms with van der Waals surface area (Å²) in [6.45, 7) is 4.50. The van der Waals surface area contributed by atoms with E-state index in [0.29, 0.717) is 18.0 Å². The van der Waals surface area contributed by atoms with Crippen molar-refractivity contribution in [3.05, 3.63) is 48.0 Å². The molecule has 0 spiro atoms. The molecule has 1 amide bonds. The highest BCUT2D eigenvalue weighted by molar-refractivity contribution is 5.81. The van der Waals surface area contributed by atoms with E-state index >= 15 is 0 Å². The molecule has 0 heterocycles. The summed E-state index contributed by atoms with van der Waals surface area (Å²) in [5, 5.41) is 5.99. The molecule has 2 aromatic carbocycles. The van der Waals surface area contributed by atoms with Gasteiger partial charge in [-0.3, -0.25) is 4.79 Å². The molecule has 0 aromatic heterocycles. The fourth-order valence-electron chi connectivity index (χ4n) is 2.40. The number of amides is 1. The van der Waals surface area contributed by atoms with Gasteiger partial charge < -0.3 is 24.8 Å². The van der Waals surface area contributed by atoms with E-state index in [-0.39, 0.29) is 18.6 Å². The number of hydrogen-bond acceptors (Lipinski definition) is 5. The number of ether oxygens (including phenoxy) is 3. The van der Waals surface area contributed by atoms with Crippen LogP contribution in [-0.2, 0) is 11.3 Å². The Labute approximate surface area is 154 Å². The van der Waals surface area contributed by atoms with E-state index in [9.17, 15) is 4.79 Å². The summed E-state index contributed by atoms with van der Waals surface area (Å²) in [5.74, 6) is 1.91. The quantitative estimate of drug-likeness (QED) is 0.720. The molecule has 0 aliphatic heterocycles. The molecular weight excluding hydrogens is 332 g/mol. The van der Waals surface area contributed by atoms with Crippen molar-refractivity contribution in [1.82, 2.24) is 5.32 Å². The highest BCUT2D eigenvalue weighted by Crippen LogP contribution is 2.27. The molecule has 0 radical (unpaired) electrons. The first kappa shape index (κ1) is 19.4. The number of para-hydroxylation sites is 2. The van der Waals surface area contributed by atoms with Gasteiger partial charge in [-0.2, -0.15) is 0 Å². The van der Waals surface area contributed by atoms with Gasteiger partial charge in [0.05, 0.1) is 32.6 Å². The third kappa shape index (κ3) is 5.58. The number of methoxy groups -OCH3 is 2. The SMILES string of the molecule is COc1ccc(CNC(=O)CNc2ccccc2OC(C)C)cc1OC. The second-order valence-electron chi connectivity index (χ2n) is 5.98. The maximum Gasteiger partial charge on any atom is 0.239 e. The lowest BCUT2D eigenvalue weighted by Crippen LogP contribution is -2.29. The van der Waals surface area contributed by atoms with E-state index in [1.54, 1.807) is 14.2 Å². The van der Waals surface area contributed by atoms with Crippen molar-refractivity contribution in [2.24, 2.45) is 0 Å². The number of carbonyl (C=O) groups excluding carboxylic acids is 1. The first-order chi connectivity index (χ1) is 12.5. The fourth-order valence-corrected chi connectivity index (χ4v) is 2.40. The van der Waals surface area contributed by atoms with E-state index in [2.05, 4.69) is 10.6 Å². The van der Waals surface area contributed by atoms with Crippen LogP contribution in [0.3, 0.4) is 0 Å². The van der Waals surface area contributed by atoms with Crippen molar-refractivity contribution in [2.75, 3.05) is 26.1 Å². The lowest BCUT2D eigenvalue weighted by atomic mass is 10.2. The molecule has 6 heteroatoms. The molecule has 0 unspecified atom stereocenters. The summed E-state index contributed by atoms with van der Waals surface area (Å²) < 4.78 is 16.2. The first-order valence-corrected chi connectivity index (χ1v) is 8.50. The van der Waals surface area contributed by atoms with Crippen molar-refractivity contribution >= 4 is 11.6 Å². The van der Waals surface area contributed by atoms with E-state index in [4.69, 9.17) is 14.2 Å². The predicted octanol–water partition coefficient (Wildman–Crippen LogP) is 3.22. The van der Waals surface area contributed by atoms with E-state index in [1.807, 2.05) is 56.3 Å². The Bertz CT molecular complexity index is 732. The second kappa shape index (κ2) is 9.56. The average molecular weight is 358 g/mol. The maximum absolute atomic E-state index is 12.1. The fraction of sp³-hybridized carbons (Fsp3) is 0.350. The largest absolute Gasteiger partial charge is 0.493 e. The summed E-state index contributed by atoms with van der Waals surface area (Å²) in [4.78, 5) is 12.1. The van der Waals surface area contributed by atoms with Crippen molar-refractivity contribution in [3.8, 4) is 17.2 Å². The predicted molar refractivity (Wildman–Crippen MR) is 102 cm³/mol. The highest BCUT2D eigenvalue weighted by Gasteiger charge is 2.08. The molecule has 0 saturated heterocycles. The van der Waals surface area contributed by atoms with Gasteiger partial charge in [0.1, 0.15) is 5.75 Å². The minimum atomic E-state index is -0.112. The molecule has 2 aromatic rings. The van der Waals surface area contributed by atoms with Gasteiger partial charge in [0.15, 0.2) is 11.5 Å². The van der Waals surface area contributed by atoms with Crippen LogP contribution < -0.4 is 24.8 Å². The molecule has 0 saturated carbocycles. The lowest BCUT2D eigenvalue weighted by molar-refractivity contribution is -0.119. The Hall–Kier alpha value is -2.89. The zero-order valence-corrected chi connectivity index (χ0v) is 15.7. The van der Waals surface area contributed by atoms with Crippen LogP contribution in [0.2, 0.25) is 0 Å². The molecular formula is C20H26N2O4. The van der Waals surface area contributed by atoms with Crippen LogP contribution in [0.25, 0.3) is 0 Å². The Morgan fingerprint density at radius 3 is 2.42 bits per heavy atom. The molecule has 0 aliphatic rings. The molecule has 2 N–H and O–H groups in total. The zero-order chi connectivity index (χ0) is 18.9. The number of anilines is 1. The third-order valence-corrected chi connectivity index (χ3v) is 3.63. The lowest BCUT2D eigenvalue weighted by Gasteiger charge is -2.15. The molecule has 0 bridgehead atoms. The summed E-state index contributed by atoms with van der Waals surface area (Å²) in [7, 11) is 3.17. The van der Waals surface area contributed by atoms with Crippen LogP contribution in [0.1, 0.15) is 19.4 Å². The van der Waals surface area contributed by atoms with Crippen LogP contribution >= 0.6 is 0 Å². The molecule has 0 atom stereocenters. The monoisotopic (exact) mass is 358 g/mol. The van der Waals surface area contributed by atoms with E-state index < -0.39 is 0 Å². The Balaban J connectivity index is 1.88. The minimum Gasteiger partial charge on any atom is -0.493 e. The molecule has 0 aliphatic carbocycles. The Morgan fingerprint density at radius 2 is 1.73 bits per heavy atom. The van der Waals surface area contributed by atoms with Gasteiger partial charge in [-0.05, 0) is 43.7 Å². The van der Waals surface area contributed by atoms with Crippen LogP contribution in [-0.4, -0.2) is 32.8 Å². The van der Waals surface area contributed by atoms with Gasteiger partial charge in [-0.1, -0.05) is 18.2 Å². The van der Waals surface area contributed by atoms with Gasteiger partial charge in [-0.25, -0.2) is 0 Å². The zero-order valence-electron chi connectivity index (χ0n) is 15.7. The Morgan fingerprint density at radius 1 is 1.00 bits per heavy atom. The molecule has 0 fully saturated rings. The molecule has 26 heavy (non-hydrogen) atoms. The van der Waals surface area contributed by atoms with Crippen LogP contribution in [0.4, 0.5) is 5.69 Å². The number of hydrogen-bond donors (Lipinski definition) is 2. The van der Waals surface area contributed by atoms with Gasteiger partial charge >= 0.3 is 0 Å². The number of benzene rings is 2. The third-order valence-electron chi connectivity index (χ3n) is 3.63. The number of nitrogens with one attached hydrogen (secondary N) is 2. The average Bonchev–Trinajstić information content (AvgIpc) is 2.64. The summed E-state index contributed by atoms with van der Waals surface area (Å²) in [5.41, 5.74) is 1.72. The topological polar surface area (TPSA) is 68.8 Å². The smallest absolute Gasteiger partial charge is 0.239 e. The summed E-state index contributed by atoms with van der Waals surface area (Å²) in [6.07, 6.45) is 0.0665. The van der Waals surface area contributed by atoms with Crippen molar-refractivity contribution < 1.29 is 19.0 Å². The van der Waals surface area contributed by atoms with Crippen molar-refractivity contribution in [3.63, 3.8) is 0 Å². The number of rotatable bonds is 9. The maximum atomic E-state index is 12.1. The Kier molecular flexibility index (Phi) is 7.14. The van der Waals surface area contributed by atoms with Gasteiger partial charge in [0.2, 0.25) is 5.91 Å². The summed E-state index contributed by atoms with van der Waals surface area (Å²) >= 11 is 0. The van der Waals surface area contributed by atoms with Gasteiger partial charge in [0, 0.05) is 6.54 Å². The van der Waals surface area contributed by atoms with Crippen molar-refractivity contribution in [1.29, 1.82) is 0 Å². The second-order valence-corrected chi connectivity index (χ2v) is 5.98. The van der Waals surface area contributed by atoms with E-state index in [1.165, 1.54) is 0 Å². The van der Waals surface area contributed by atoms with Gasteiger partial charge in [0.25, 0.3) is 0 Å². The normalized spacial score (nSPS) is 10.3. The van der Waals surface area contributed by atoms with E-state index in [0.717, 1.165) is 17.0 Å². The molecule has 6 nitrogen and oxygen atoms in total. The van der Waals surface area contributed by atoms with Crippen LogP contribution in [0, 0.1) is 0 Å². The standard InChI is InChI=1S/C20H26N2O4/c1-14(2)26-17-8-6-5-7-16(17)21-13-20(23)22-12-15-9-10-18(24-3)19(11-15)25-4/h5-11,14,21H,12-13H2,1-4H3,(H,22,23). The molecule has 140 valence electrons.